The van der Waals surface area contributed by atoms with Crippen molar-refractivity contribution in [3.63, 3.8) is 0 Å². The molecule has 1 aliphatic heterocycles. The van der Waals surface area contributed by atoms with E-state index in [1.807, 2.05) is 4.90 Å². The van der Waals surface area contributed by atoms with E-state index in [0.29, 0.717) is 48.1 Å². The summed E-state index contributed by atoms with van der Waals surface area (Å²) in [4.78, 5) is 19.3. The highest BCUT2D eigenvalue weighted by Gasteiger charge is 2.27. The Morgan fingerprint density at radius 1 is 1.34 bits per heavy atom. The lowest BCUT2D eigenvalue weighted by atomic mass is 10.0. The van der Waals surface area contributed by atoms with Crippen LogP contribution in [0.25, 0.3) is 11.5 Å². The van der Waals surface area contributed by atoms with Crippen molar-refractivity contribution in [1.82, 2.24) is 15.0 Å². The number of ether oxygens (including phenoxy) is 1. The molecule has 2 heterocycles. The van der Waals surface area contributed by atoms with Gasteiger partial charge in [-0.25, -0.2) is 4.39 Å². The number of allylic oxidation sites excluding steroid dienone is 2. The minimum atomic E-state index is -0.310. The van der Waals surface area contributed by atoms with Gasteiger partial charge in [-0.3, -0.25) is 4.79 Å². The van der Waals surface area contributed by atoms with Gasteiger partial charge in [0.25, 0.3) is 11.8 Å². The number of hydrogen-bond acceptors (Lipinski definition) is 5. The van der Waals surface area contributed by atoms with Gasteiger partial charge in [0.05, 0.1) is 12.7 Å². The molecule has 1 aromatic carbocycles. The average Bonchev–Trinajstić information content (AvgIpc) is 3.09. The topological polar surface area (TPSA) is 68.5 Å². The molecule has 1 fully saturated rings. The maximum Gasteiger partial charge on any atom is 0.257 e. The molecule has 1 amide bonds. The third-order valence-corrected chi connectivity index (χ3v) is 5.25. The maximum atomic E-state index is 13.1. The zero-order chi connectivity index (χ0) is 20.8. The second-order valence-corrected chi connectivity index (χ2v) is 7.12. The number of benzene rings is 1. The van der Waals surface area contributed by atoms with Crippen LogP contribution in [-0.2, 0) is 9.53 Å². The predicted octanol–water partition coefficient (Wildman–Crippen LogP) is 4.47. The highest BCUT2D eigenvalue weighted by atomic mass is 19.1. The fourth-order valence-electron chi connectivity index (χ4n) is 3.51. The largest absolute Gasteiger partial charge is 0.501 e. The number of nitrogens with zero attached hydrogens (tertiary/aromatic N) is 3. The summed E-state index contributed by atoms with van der Waals surface area (Å²) < 4.78 is 23.8. The summed E-state index contributed by atoms with van der Waals surface area (Å²) in [5.74, 6) is 1.43. The predicted molar refractivity (Wildman–Crippen MR) is 107 cm³/mol. The second-order valence-electron chi connectivity index (χ2n) is 7.12. The minimum Gasteiger partial charge on any atom is -0.501 e. The Morgan fingerprint density at radius 3 is 2.79 bits per heavy atom. The lowest BCUT2D eigenvalue weighted by molar-refractivity contribution is -0.127. The first kappa shape index (κ1) is 20.8. The van der Waals surface area contributed by atoms with Gasteiger partial charge in [-0.2, -0.15) is 4.98 Å². The number of carbonyl (C=O) groups excluding carboxylic acids is 1. The van der Waals surface area contributed by atoms with E-state index in [9.17, 15) is 9.18 Å². The molecule has 0 radical (unpaired) electrons. The van der Waals surface area contributed by atoms with Crippen molar-refractivity contribution in [2.75, 3.05) is 20.2 Å². The standard InChI is InChI=1S/C22H26FN3O3/c1-4-6-19(15(2)28-3)22(27)26-13-5-7-16(12-14-26)20-24-21(29-25-20)17-8-10-18(23)11-9-17/h4,8-11,16H,1,5-7,12-14H2,2-3H3/b19-15+. The van der Waals surface area contributed by atoms with E-state index < -0.39 is 0 Å². The highest BCUT2D eigenvalue weighted by molar-refractivity contribution is 5.94. The van der Waals surface area contributed by atoms with Crippen molar-refractivity contribution in [1.29, 1.82) is 0 Å². The van der Waals surface area contributed by atoms with E-state index in [4.69, 9.17) is 9.26 Å². The minimum absolute atomic E-state index is 0.00925. The molecule has 1 aromatic heterocycles. The number of amides is 1. The second kappa shape index (κ2) is 9.49. The summed E-state index contributed by atoms with van der Waals surface area (Å²) in [5, 5.41) is 4.13. The van der Waals surface area contributed by atoms with E-state index in [0.717, 1.165) is 19.3 Å². The monoisotopic (exact) mass is 399 g/mol. The Balaban J connectivity index is 1.69. The summed E-state index contributed by atoms with van der Waals surface area (Å²) >= 11 is 0. The normalized spacial score (nSPS) is 18.0. The van der Waals surface area contributed by atoms with Crippen molar-refractivity contribution >= 4 is 5.91 Å². The van der Waals surface area contributed by atoms with Crippen LogP contribution in [0.3, 0.4) is 0 Å². The van der Waals surface area contributed by atoms with Gasteiger partial charge in [0.15, 0.2) is 5.82 Å². The molecule has 0 N–H and O–H groups in total. The molecule has 1 aliphatic rings. The van der Waals surface area contributed by atoms with Gasteiger partial charge in [-0.05, 0) is 56.9 Å². The van der Waals surface area contributed by atoms with E-state index in [1.54, 1.807) is 32.2 Å². The fourth-order valence-corrected chi connectivity index (χ4v) is 3.51. The smallest absolute Gasteiger partial charge is 0.257 e. The molecule has 0 saturated carbocycles. The van der Waals surface area contributed by atoms with Gasteiger partial charge >= 0.3 is 0 Å². The van der Waals surface area contributed by atoms with E-state index in [1.165, 1.54) is 12.1 Å². The van der Waals surface area contributed by atoms with Crippen LogP contribution in [0, 0.1) is 5.82 Å². The number of hydrogen-bond donors (Lipinski definition) is 0. The molecule has 7 heteroatoms. The van der Waals surface area contributed by atoms with Gasteiger partial charge < -0.3 is 14.2 Å². The Bertz CT molecular complexity index is 889. The third kappa shape index (κ3) is 4.91. The number of carbonyl (C=O) groups is 1. The Hall–Kier alpha value is -2.96. The van der Waals surface area contributed by atoms with Crippen LogP contribution in [-0.4, -0.2) is 41.1 Å². The van der Waals surface area contributed by atoms with E-state index >= 15 is 0 Å². The van der Waals surface area contributed by atoms with Crippen molar-refractivity contribution in [3.05, 3.63) is 59.9 Å². The Labute approximate surface area is 170 Å². The third-order valence-electron chi connectivity index (χ3n) is 5.25. The molecule has 1 unspecified atom stereocenters. The molecule has 0 spiro atoms. The summed E-state index contributed by atoms with van der Waals surface area (Å²) in [5.41, 5.74) is 1.32. The Morgan fingerprint density at radius 2 is 2.10 bits per heavy atom. The first-order valence-electron chi connectivity index (χ1n) is 9.77. The lowest BCUT2D eigenvalue weighted by Crippen LogP contribution is -2.33. The zero-order valence-corrected chi connectivity index (χ0v) is 16.9. The molecule has 1 atom stereocenters. The number of methoxy groups -OCH3 is 1. The summed E-state index contributed by atoms with van der Waals surface area (Å²) in [6.45, 7) is 6.83. The van der Waals surface area contributed by atoms with E-state index in [-0.39, 0.29) is 17.6 Å². The van der Waals surface area contributed by atoms with E-state index in [2.05, 4.69) is 16.7 Å². The van der Waals surface area contributed by atoms with Crippen molar-refractivity contribution < 1.29 is 18.4 Å². The zero-order valence-electron chi connectivity index (χ0n) is 16.9. The van der Waals surface area contributed by atoms with Gasteiger partial charge in [0.1, 0.15) is 11.6 Å². The number of halogens is 1. The van der Waals surface area contributed by atoms with Gasteiger partial charge in [0, 0.05) is 24.6 Å². The average molecular weight is 399 g/mol. The van der Waals surface area contributed by atoms with Crippen LogP contribution in [0.5, 0.6) is 0 Å². The molecule has 6 nitrogen and oxygen atoms in total. The Kier molecular flexibility index (Phi) is 6.80. The molecule has 154 valence electrons. The number of aromatic nitrogens is 2. The maximum absolute atomic E-state index is 13.1. The van der Waals surface area contributed by atoms with Crippen LogP contribution in [0.4, 0.5) is 4.39 Å². The van der Waals surface area contributed by atoms with Gasteiger partial charge in [0.2, 0.25) is 0 Å². The summed E-state index contributed by atoms with van der Waals surface area (Å²) in [6, 6.07) is 5.97. The van der Waals surface area contributed by atoms with Gasteiger partial charge in [-0.15, -0.1) is 6.58 Å². The van der Waals surface area contributed by atoms with Crippen LogP contribution in [0.2, 0.25) is 0 Å². The molecular weight excluding hydrogens is 373 g/mol. The molecule has 1 saturated heterocycles. The first-order valence-corrected chi connectivity index (χ1v) is 9.77. The molecule has 2 aromatic rings. The lowest BCUT2D eigenvalue weighted by Gasteiger charge is -2.22. The van der Waals surface area contributed by atoms with Gasteiger partial charge in [-0.1, -0.05) is 11.2 Å². The first-order chi connectivity index (χ1) is 14.0. The van der Waals surface area contributed by atoms with Crippen molar-refractivity contribution in [2.24, 2.45) is 0 Å². The van der Waals surface area contributed by atoms with Crippen molar-refractivity contribution in [2.45, 2.75) is 38.5 Å². The van der Waals surface area contributed by atoms with Crippen LogP contribution in [0.1, 0.15) is 44.3 Å². The van der Waals surface area contributed by atoms with Crippen LogP contribution < -0.4 is 0 Å². The molecule has 0 bridgehead atoms. The molecule has 3 rings (SSSR count). The highest BCUT2D eigenvalue weighted by Crippen LogP contribution is 2.29. The van der Waals surface area contributed by atoms with Crippen LogP contribution in [0.15, 0.2) is 52.8 Å². The summed E-state index contributed by atoms with van der Waals surface area (Å²) in [6.07, 6.45) is 4.67. The SMILES string of the molecule is C=CC/C(C(=O)N1CCCC(c2noc(-c3ccc(F)cc3)n2)CC1)=C(/C)OC. The summed E-state index contributed by atoms with van der Waals surface area (Å²) in [7, 11) is 1.57. The fraction of sp³-hybridized carbons (Fsp3) is 0.409. The molecule has 29 heavy (non-hydrogen) atoms. The number of likely N-dealkylation sites (tertiary alicyclic amines) is 1. The quantitative estimate of drug-likeness (QED) is 0.407. The molecular formula is C22H26FN3O3. The molecule has 0 aliphatic carbocycles. The van der Waals surface area contributed by atoms with Crippen molar-refractivity contribution in [3.8, 4) is 11.5 Å². The number of rotatable bonds is 6. The van der Waals surface area contributed by atoms with Crippen LogP contribution >= 0.6 is 0 Å².